The third-order valence-corrected chi connectivity index (χ3v) is 5.90. The lowest BCUT2D eigenvalue weighted by Crippen LogP contribution is -2.12. The highest BCUT2D eigenvalue weighted by Gasteiger charge is 2.31. The molecule has 172 valence electrons. The minimum absolute atomic E-state index is 0.0852. The number of allylic oxidation sites excluding steroid dienone is 1. The van der Waals surface area contributed by atoms with E-state index in [9.17, 15) is 9.59 Å². The van der Waals surface area contributed by atoms with E-state index in [1.54, 1.807) is 61.5 Å². The van der Waals surface area contributed by atoms with Crippen LogP contribution in [0.1, 0.15) is 32.6 Å². The molecular weight excluding hydrogens is 479 g/mol. The molecule has 3 aromatic carbocycles. The maximum absolute atomic E-state index is 13.1. The molecule has 0 radical (unpaired) electrons. The van der Waals surface area contributed by atoms with E-state index in [1.165, 1.54) is 0 Å². The number of hydrogen-bond acceptors (Lipinski definition) is 6. The van der Waals surface area contributed by atoms with E-state index in [2.05, 4.69) is 0 Å². The summed E-state index contributed by atoms with van der Waals surface area (Å²) in [6.07, 6.45) is 1.69. The number of carbonyl (C=O) groups excluding carboxylic acids is 2. The fourth-order valence-corrected chi connectivity index (χ4v) is 4.31. The molecule has 0 spiro atoms. The highest BCUT2D eigenvalue weighted by molar-refractivity contribution is 6.31. The second-order valence-corrected chi connectivity index (χ2v) is 8.80. The van der Waals surface area contributed by atoms with Crippen LogP contribution in [-0.2, 0) is 22.6 Å². The van der Waals surface area contributed by atoms with E-state index in [0.717, 1.165) is 11.1 Å². The van der Waals surface area contributed by atoms with Crippen molar-refractivity contribution in [2.45, 2.75) is 20.0 Å². The largest absolute Gasteiger partial charge is 0.467 e. The van der Waals surface area contributed by atoms with Gasteiger partial charge in [0.05, 0.1) is 18.6 Å². The minimum atomic E-state index is -0.438. The third-order valence-electron chi connectivity index (χ3n) is 5.43. The first kappa shape index (κ1) is 22.5. The zero-order valence-electron chi connectivity index (χ0n) is 18.0. The predicted octanol–water partition coefficient (Wildman–Crippen LogP) is 5.93. The zero-order valence-corrected chi connectivity index (χ0v) is 19.5. The molecule has 0 N–H and O–H groups in total. The van der Waals surface area contributed by atoms with E-state index in [-0.39, 0.29) is 24.8 Å². The van der Waals surface area contributed by atoms with Crippen LogP contribution in [0.15, 0.2) is 54.3 Å². The number of ketones is 1. The van der Waals surface area contributed by atoms with Crippen molar-refractivity contribution in [3.05, 3.63) is 92.2 Å². The Morgan fingerprint density at radius 1 is 1.09 bits per heavy atom. The van der Waals surface area contributed by atoms with Gasteiger partial charge in [0.15, 0.2) is 12.6 Å². The van der Waals surface area contributed by atoms with E-state index < -0.39 is 5.97 Å². The summed E-state index contributed by atoms with van der Waals surface area (Å²) >= 11 is 12.1. The molecule has 0 saturated carbocycles. The van der Waals surface area contributed by atoms with E-state index >= 15 is 0 Å². The maximum Gasteiger partial charge on any atom is 0.315 e. The maximum atomic E-state index is 13.1. The van der Waals surface area contributed by atoms with Crippen LogP contribution in [0.5, 0.6) is 17.2 Å². The van der Waals surface area contributed by atoms with Crippen LogP contribution in [0, 0.1) is 6.92 Å². The molecule has 0 aliphatic carbocycles. The van der Waals surface area contributed by atoms with Crippen molar-refractivity contribution in [2.24, 2.45) is 0 Å². The third kappa shape index (κ3) is 4.53. The molecule has 0 saturated heterocycles. The highest BCUT2D eigenvalue weighted by Crippen LogP contribution is 2.39. The second kappa shape index (κ2) is 9.14. The van der Waals surface area contributed by atoms with Gasteiger partial charge in [-0.1, -0.05) is 35.3 Å². The summed E-state index contributed by atoms with van der Waals surface area (Å²) in [6, 6.07) is 13.6. The standard InChI is InChI=1S/C26H18Cl2O6/c1-14-6-20(33-23(29)7-15-2-4-18(27)5-3-15)11-21-24(14)25(30)22(34-21)10-16-8-19(28)9-17-12-31-13-32-26(16)17/h2-6,8-11H,7,12-13H2,1H3/b22-10-. The quantitative estimate of drug-likeness (QED) is 0.253. The van der Waals surface area contributed by atoms with Gasteiger partial charge in [0.25, 0.3) is 0 Å². The number of fused-ring (bicyclic) bond motifs is 2. The number of halogens is 2. The first-order valence-corrected chi connectivity index (χ1v) is 11.2. The average molecular weight is 497 g/mol. The van der Waals surface area contributed by atoms with Gasteiger partial charge >= 0.3 is 5.97 Å². The molecule has 8 heteroatoms. The fraction of sp³-hybridized carbons (Fsp3) is 0.154. The smallest absolute Gasteiger partial charge is 0.315 e. The normalized spacial score (nSPS) is 15.4. The number of rotatable bonds is 4. The molecule has 3 aromatic rings. The van der Waals surface area contributed by atoms with Crippen LogP contribution < -0.4 is 14.2 Å². The van der Waals surface area contributed by atoms with Crippen molar-refractivity contribution in [1.29, 1.82) is 0 Å². The Bertz CT molecular complexity index is 1340. The van der Waals surface area contributed by atoms with Gasteiger partial charge in [-0.2, -0.15) is 0 Å². The Balaban J connectivity index is 1.39. The average Bonchev–Trinajstić information content (AvgIpc) is 3.10. The van der Waals surface area contributed by atoms with Gasteiger partial charge in [-0.25, -0.2) is 0 Å². The first-order valence-electron chi connectivity index (χ1n) is 10.4. The number of aryl methyl sites for hydroxylation is 1. The van der Waals surface area contributed by atoms with Crippen LogP contribution in [0.4, 0.5) is 0 Å². The summed E-state index contributed by atoms with van der Waals surface area (Å²) < 4.78 is 22.3. The number of esters is 1. The van der Waals surface area contributed by atoms with Gasteiger partial charge in [0.2, 0.25) is 5.78 Å². The molecule has 2 aliphatic rings. The molecule has 0 bridgehead atoms. The predicted molar refractivity (Wildman–Crippen MR) is 127 cm³/mol. The SMILES string of the molecule is Cc1cc(OC(=O)Cc2ccc(Cl)cc2)cc2c1C(=O)/C(=C/c1cc(Cl)cc3c1OCOC3)O2. The van der Waals surface area contributed by atoms with Crippen molar-refractivity contribution in [3.63, 3.8) is 0 Å². The minimum Gasteiger partial charge on any atom is -0.467 e. The van der Waals surface area contributed by atoms with Crippen LogP contribution in [0.25, 0.3) is 6.08 Å². The molecule has 34 heavy (non-hydrogen) atoms. The fourth-order valence-electron chi connectivity index (χ4n) is 3.93. The van der Waals surface area contributed by atoms with Crippen molar-refractivity contribution in [3.8, 4) is 17.2 Å². The molecule has 0 amide bonds. The summed E-state index contributed by atoms with van der Waals surface area (Å²) in [5.74, 6) is 0.640. The molecule has 0 unspecified atom stereocenters. The number of benzene rings is 3. The second-order valence-electron chi connectivity index (χ2n) is 7.92. The summed E-state index contributed by atoms with van der Waals surface area (Å²) in [7, 11) is 0. The lowest BCUT2D eigenvalue weighted by atomic mass is 10.0. The summed E-state index contributed by atoms with van der Waals surface area (Å²) in [6.45, 7) is 2.25. The van der Waals surface area contributed by atoms with Crippen LogP contribution in [-0.4, -0.2) is 18.5 Å². The molecule has 5 rings (SSSR count). The number of ether oxygens (including phenoxy) is 4. The number of carbonyl (C=O) groups is 2. The van der Waals surface area contributed by atoms with E-state index in [4.69, 9.17) is 42.1 Å². The van der Waals surface area contributed by atoms with Crippen molar-refractivity contribution < 1.29 is 28.5 Å². The van der Waals surface area contributed by atoms with E-state index in [1.807, 2.05) is 0 Å². The Hall–Kier alpha value is -3.32. The Morgan fingerprint density at radius 2 is 1.88 bits per heavy atom. The highest BCUT2D eigenvalue weighted by atomic mass is 35.5. The molecule has 6 nitrogen and oxygen atoms in total. The van der Waals surface area contributed by atoms with Crippen molar-refractivity contribution in [2.75, 3.05) is 6.79 Å². The molecular formula is C26H18Cl2O6. The lowest BCUT2D eigenvalue weighted by molar-refractivity contribution is -0.133. The summed E-state index contributed by atoms with van der Waals surface area (Å²) in [5, 5.41) is 1.09. The van der Waals surface area contributed by atoms with Gasteiger partial charge in [-0.3, -0.25) is 9.59 Å². The summed E-state index contributed by atoms with van der Waals surface area (Å²) in [4.78, 5) is 25.5. The number of hydrogen-bond donors (Lipinski definition) is 0. The zero-order chi connectivity index (χ0) is 23.8. The van der Waals surface area contributed by atoms with Gasteiger partial charge in [0, 0.05) is 27.2 Å². The van der Waals surface area contributed by atoms with Crippen LogP contribution >= 0.6 is 23.2 Å². The van der Waals surface area contributed by atoms with Crippen molar-refractivity contribution in [1.82, 2.24) is 0 Å². The molecule has 0 aromatic heterocycles. The summed E-state index contributed by atoms with van der Waals surface area (Å²) in [5.41, 5.74) is 3.25. The molecule has 2 heterocycles. The van der Waals surface area contributed by atoms with Crippen LogP contribution in [0.2, 0.25) is 10.0 Å². The molecule has 2 aliphatic heterocycles. The van der Waals surface area contributed by atoms with Gasteiger partial charge in [0.1, 0.15) is 17.2 Å². The monoisotopic (exact) mass is 496 g/mol. The topological polar surface area (TPSA) is 71.1 Å². The molecule has 0 fully saturated rings. The van der Waals surface area contributed by atoms with Gasteiger partial charge in [-0.05, 0) is 54.5 Å². The Morgan fingerprint density at radius 3 is 2.68 bits per heavy atom. The Labute approximate surface area is 205 Å². The van der Waals surface area contributed by atoms with Gasteiger partial charge in [-0.15, -0.1) is 0 Å². The first-order chi connectivity index (χ1) is 16.4. The Kier molecular flexibility index (Phi) is 6.04. The van der Waals surface area contributed by atoms with E-state index in [0.29, 0.717) is 50.6 Å². The van der Waals surface area contributed by atoms with Crippen LogP contribution in [0.3, 0.4) is 0 Å². The lowest BCUT2D eigenvalue weighted by Gasteiger charge is -2.20. The van der Waals surface area contributed by atoms with Crippen molar-refractivity contribution >= 4 is 41.0 Å². The number of Topliss-reactive ketones (excluding diaryl/α,β-unsaturated/α-hetero) is 1. The van der Waals surface area contributed by atoms with Gasteiger partial charge < -0.3 is 18.9 Å². The molecule has 0 atom stereocenters.